The van der Waals surface area contributed by atoms with Gasteiger partial charge in [0.25, 0.3) is 0 Å². The van der Waals surface area contributed by atoms with E-state index in [1.807, 2.05) is 24.3 Å². The van der Waals surface area contributed by atoms with Crippen molar-refractivity contribution >= 4 is 5.69 Å². The predicted octanol–water partition coefficient (Wildman–Crippen LogP) is 1.65. The molecule has 1 atom stereocenters. The minimum Gasteiger partial charge on any atom is -0.495 e. The summed E-state index contributed by atoms with van der Waals surface area (Å²) < 4.78 is 10.8. The zero-order chi connectivity index (χ0) is 12.1. The van der Waals surface area contributed by atoms with Gasteiger partial charge in [-0.1, -0.05) is 12.1 Å². The van der Waals surface area contributed by atoms with E-state index < -0.39 is 0 Å². The molecule has 1 heterocycles. The standard InChI is InChI=1S/C13H19NO3/c1-16-12-6-3-2-5-11(12)14-13(9-15)7-4-8-17-10-13/h2-3,5-6,14-15H,4,7-10H2,1H3. The highest BCUT2D eigenvalue weighted by Gasteiger charge is 2.32. The summed E-state index contributed by atoms with van der Waals surface area (Å²) in [6.45, 7) is 1.36. The summed E-state index contributed by atoms with van der Waals surface area (Å²) in [6, 6.07) is 7.72. The molecule has 2 rings (SSSR count). The first kappa shape index (κ1) is 12.2. The highest BCUT2D eigenvalue weighted by Crippen LogP contribution is 2.30. The van der Waals surface area contributed by atoms with E-state index in [0.29, 0.717) is 6.61 Å². The molecule has 0 aromatic heterocycles. The second-order valence-corrected chi connectivity index (χ2v) is 4.42. The third-order valence-electron chi connectivity index (χ3n) is 3.13. The van der Waals surface area contributed by atoms with Crippen molar-refractivity contribution in [3.05, 3.63) is 24.3 Å². The number of aliphatic hydroxyl groups excluding tert-OH is 1. The maximum Gasteiger partial charge on any atom is 0.141 e. The predicted molar refractivity (Wildman–Crippen MR) is 66.5 cm³/mol. The van der Waals surface area contributed by atoms with Gasteiger partial charge in [0, 0.05) is 6.61 Å². The molecule has 0 bridgehead atoms. The lowest BCUT2D eigenvalue weighted by atomic mass is 9.93. The van der Waals surface area contributed by atoms with Gasteiger partial charge in [-0.3, -0.25) is 0 Å². The summed E-state index contributed by atoms with van der Waals surface area (Å²) in [5.74, 6) is 0.783. The molecule has 1 aromatic carbocycles. The summed E-state index contributed by atoms with van der Waals surface area (Å²) in [6.07, 6.45) is 1.87. The Hall–Kier alpha value is -1.26. The van der Waals surface area contributed by atoms with Crippen LogP contribution in [0, 0.1) is 0 Å². The van der Waals surface area contributed by atoms with E-state index in [4.69, 9.17) is 9.47 Å². The van der Waals surface area contributed by atoms with Gasteiger partial charge in [0.2, 0.25) is 0 Å². The number of benzene rings is 1. The van der Waals surface area contributed by atoms with Crippen LogP contribution in [0.25, 0.3) is 0 Å². The van der Waals surface area contributed by atoms with E-state index in [-0.39, 0.29) is 12.1 Å². The minimum absolute atomic E-state index is 0.0606. The number of methoxy groups -OCH3 is 1. The number of hydrogen-bond acceptors (Lipinski definition) is 4. The molecule has 1 aromatic rings. The van der Waals surface area contributed by atoms with Crippen LogP contribution in [-0.4, -0.2) is 37.6 Å². The monoisotopic (exact) mass is 237 g/mol. The van der Waals surface area contributed by atoms with E-state index >= 15 is 0 Å². The second kappa shape index (κ2) is 5.38. The van der Waals surface area contributed by atoms with Gasteiger partial charge in [0.15, 0.2) is 0 Å². The van der Waals surface area contributed by atoms with Gasteiger partial charge in [0.1, 0.15) is 5.75 Å². The van der Waals surface area contributed by atoms with Crippen molar-refractivity contribution < 1.29 is 14.6 Å². The molecule has 1 aliphatic heterocycles. The zero-order valence-electron chi connectivity index (χ0n) is 10.1. The van der Waals surface area contributed by atoms with Gasteiger partial charge < -0.3 is 19.9 Å². The highest BCUT2D eigenvalue weighted by atomic mass is 16.5. The zero-order valence-corrected chi connectivity index (χ0v) is 10.1. The van der Waals surface area contributed by atoms with Crippen LogP contribution in [-0.2, 0) is 4.74 Å². The first-order chi connectivity index (χ1) is 8.29. The Labute approximate surface area is 102 Å². The molecule has 0 amide bonds. The third-order valence-corrected chi connectivity index (χ3v) is 3.13. The van der Waals surface area contributed by atoms with Crippen LogP contribution >= 0.6 is 0 Å². The summed E-state index contributed by atoms with van der Waals surface area (Å²) in [5.41, 5.74) is 0.516. The Bertz CT molecular complexity index is 361. The van der Waals surface area contributed by atoms with Gasteiger partial charge in [-0.15, -0.1) is 0 Å². The fourth-order valence-corrected chi connectivity index (χ4v) is 2.15. The summed E-state index contributed by atoms with van der Waals surface area (Å²) >= 11 is 0. The topological polar surface area (TPSA) is 50.7 Å². The van der Waals surface area contributed by atoms with Crippen LogP contribution in [0.3, 0.4) is 0 Å². The summed E-state index contributed by atoms with van der Waals surface area (Å²) in [4.78, 5) is 0. The third kappa shape index (κ3) is 2.70. The smallest absolute Gasteiger partial charge is 0.141 e. The first-order valence-corrected chi connectivity index (χ1v) is 5.89. The summed E-state index contributed by atoms with van der Waals surface area (Å²) in [5, 5.41) is 12.9. The van der Waals surface area contributed by atoms with Gasteiger partial charge >= 0.3 is 0 Å². The molecule has 4 nitrogen and oxygen atoms in total. The van der Waals surface area contributed by atoms with Gasteiger partial charge in [-0.25, -0.2) is 0 Å². The average molecular weight is 237 g/mol. The molecule has 4 heteroatoms. The van der Waals surface area contributed by atoms with Crippen LogP contribution in [0.15, 0.2) is 24.3 Å². The van der Waals surface area contributed by atoms with Crippen LogP contribution in [0.1, 0.15) is 12.8 Å². The van der Waals surface area contributed by atoms with E-state index in [1.165, 1.54) is 0 Å². The summed E-state index contributed by atoms with van der Waals surface area (Å²) in [7, 11) is 1.64. The van der Waals surface area contributed by atoms with Crippen molar-refractivity contribution in [3.8, 4) is 5.75 Å². The molecular weight excluding hydrogens is 218 g/mol. The van der Waals surface area contributed by atoms with Crippen molar-refractivity contribution in [1.82, 2.24) is 0 Å². The number of rotatable bonds is 4. The van der Waals surface area contributed by atoms with Crippen molar-refractivity contribution in [2.45, 2.75) is 18.4 Å². The van der Waals surface area contributed by atoms with Gasteiger partial charge in [-0.05, 0) is 25.0 Å². The van der Waals surface area contributed by atoms with Crippen molar-refractivity contribution in [3.63, 3.8) is 0 Å². The Morgan fingerprint density at radius 1 is 1.47 bits per heavy atom. The number of ether oxygens (including phenoxy) is 2. The Balaban J connectivity index is 2.17. The van der Waals surface area contributed by atoms with Crippen molar-refractivity contribution in [1.29, 1.82) is 0 Å². The van der Waals surface area contributed by atoms with E-state index in [9.17, 15) is 5.11 Å². The lowest BCUT2D eigenvalue weighted by Crippen LogP contribution is -2.49. The lowest BCUT2D eigenvalue weighted by Gasteiger charge is -2.37. The van der Waals surface area contributed by atoms with Crippen LogP contribution in [0.2, 0.25) is 0 Å². The van der Waals surface area contributed by atoms with E-state index in [0.717, 1.165) is 30.9 Å². The molecule has 0 radical (unpaired) electrons. The molecule has 94 valence electrons. The molecule has 17 heavy (non-hydrogen) atoms. The SMILES string of the molecule is COc1ccccc1NC1(CO)CCCOC1. The van der Waals surface area contributed by atoms with Crippen molar-refractivity contribution in [2.24, 2.45) is 0 Å². The number of nitrogens with one attached hydrogen (secondary N) is 1. The molecule has 1 saturated heterocycles. The fourth-order valence-electron chi connectivity index (χ4n) is 2.15. The number of anilines is 1. The normalized spacial score (nSPS) is 24.4. The Morgan fingerprint density at radius 3 is 2.94 bits per heavy atom. The van der Waals surface area contributed by atoms with Crippen LogP contribution in [0.5, 0.6) is 5.75 Å². The molecule has 1 aliphatic rings. The van der Waals surface area contributed by atoms with E-state index in [2.05, 4.69) is 5.32 Å². The Morgan fingerprint density at radius 2 is 2.29 bits per heavy atom. The molecule has 2 N–H and O–H groups in total. The molecule has 1 unspecified atom stereocenters. The molecular formula is C13H19NO3. The molecule has 0 saturated carbocycles. The van der Waals surface area contributed by atoms with Crippen LogP contribution in [0.4, 0.5) is 5.69 Å². The van der Waals surface area contributed by atoms with Crippen molar-refractivity contribution in [2.75, 3.05) is 32.2 Å². The number of para-hydroxylation sites is 2. The average Bonchev–Trinajstić information content (AvgIpc) is 2.40. The van der Waals surface area contributed by atoms with E-state index in [1.54, 1.807) is 7.11 Å². The lowest BCUT2D eigenvalue weighted by molar-refractivity contribution is 0.0216. The quantitative estimate of drug-likeness (QED) is 0.836. The second-order valence-electron chi connectivity index (χ2n) is 4.42. The number of hydrogen-bond donors (Lipinski definition) is 2. The molecule has 0 spiro atoms. The van der Waals surface area contributed by atoms with Crippen LogP contribution < -0.4 is 10.1 Å². The highest BCUT2D eigenvalue weighted by molar-refractivity contribution is 5.57. The Kier molecular flexibility index (Phi) is 3.86. The van der Waals surface area contributed by atoms with Gasteiger partial charge in [0.05, 0.1) is 31.5 Å². The van der Waals surface area contributed by atoms with Gasteiger partial charge in [-0.2, -0.15) is 0 Å². The first-order valence-electron chi connectivity index (χ1n) is 5.89. The maximum absolute atomic E-state index is 9.58. The molecule has 0 aliphatic carbocycles. The maximum atomic E-state index is 9.58. The number of aliphatic hydroxyl groups is 1. The minimum atomic E-state index is -0.382. The fraction of sp³-hybridized carbons (Fsp3) is 0.538. The largest absolute Gasteiger partial charge is 0.495 e. The molecule has 1 fully saturated rings.